The average Bonchev–Trinajstić information content (AvgIpc) is 2.30. The summed E-state index contributed by atoms with van der Waals surface area (Å²) in [6, 6.07) is -0.0277. The fraction of sp³-hybridized carbons (Fsp3) is 0.867. The number of carbonyl (C=O) groups excluding carboxylic acids is 1. The third-order valence-electron chi connectivity index (χ3n) is 4.71. The lowest BCUT2D eigenvalue weighted by Gasteiger charge is -2.42. The minimum atomic E-state index is -0.765. The Bertz CT molecular complexity index is 369. The Kier molecular flexibility index (Phi) is 4.55. The Morgan fingerprint density at radius 2 is 1.85 bits per heavy atom. The summed E-state index contributed by atoms with van der Waals surface area (Å²) in [7, 11) is 0. The maximum Gasteiger partial charge on any atom is 0.317 e. The number of rotatable bonds is 4. The number of nitrogens with one attached hydrogen (secondary N) is 1. The number of urea groups is 1. The third-order valence-corrected chi connectivity index (χ3v) is 4.71. The second-order valence-electron chi connectivity index (χ2n) is 6.93. The summed E-state index contributed by atoms with van der Waals surface area (Å²) in [6.07, 6.45) is 4.23. The molecule has 1 aliphatic carbocycles. The number of hydrogen-bond donors (Lipinski definition) is 2. The molecule has 5 nitrogen and oxygen atoms in total. The molecule has 2 unspecified atom stereocenters. The van der Waals surface area contributed by atoms with Crippen molar-refractivity contribution in [2.75, 3.05) is 19.6 Å². The van der Waals surface area contributed by atoms with Gasteiger partial charge in [0.15, 0.2) is 0 Å². The van der Waals surface area contributed by atoms with Crippen molar-refractivity contribution in [3.8, 4) is 0 Å². The van der Waals surface area contributed by atoms with Gasteiger partial charge in [0, 0.05) is 19.6 Å². The van der Waals surface area contributed by atoms with E-state index in [-0.39, 0.29) is 17.9 Å². The second kappa shape index (κ2) is 6.02. The number of carboxylic acids is 1. The first-order chi connectivity index (χ1) is 9.40. The van der Waals surface area contributed by atoms with Gasteiger partial charge in [0.1, 0.15) is 0 Å². The Labute approximate surface area is 120 Å². The van der Waals surface area contributed by atoms with E-state index < -0.39 is 5.97 Å². The molecule has 2 amide bonds. The zero-order valence-electron chi connectivity index (χ0n) is 12.5. The van der Waals surface area contributed by atoms with Crippen LogP contribution in [0.25, 0.3) is 0 Å². The predicted octanol–water partition coefficient (Wildman–Crippen LogP) is 2.32. The Balaban J connectivity index is 1.83. The lowest BCUT2D eigenvalue weighted by atomic mass is 9.66. The fourth-order valence-corrected chi connectivity index (χ4v) is 3.62. The van der Waals surface area contributed by atoms with Gasteiger partial charge < -0.3 is 15.3 Å². The standard InChI is InChI=1S/C15H26N2O3/c1-11-6-12(2)9-17(8-11)14(20)16-10-15(4-3-5-15)7-13(18)19/h11-12H,3-10H2,1-2H3,(H,16,20)(H,18,19). The van der Waals surface area contributed by atoms with E-state index in [1.54, 1.807) is 0 Å². The van der Waals surface area contributed by atoms with E-state index in [4.69, 9.17) is 5.11 Å². The monoisotopic (exact) mass is 282 g/mol. The van der Waals surface area contributed by atoms with Crippen molar-refractivity contribution in [3.63, 3.8) is 0 Å². The second-order valence-corrected chi connectivity index (χ2v) is 6.93. The molecule has 2 N–H and O–H groups in total. The Hall–Kier alpha value is -1.26. The van der Waals surface area contributed by atoms with Crippen LogP contribution in [0.1, 0.15) is 46.0 Å². The summed E-state index contributed by atoms with van der Waals surface area (Å²) >= 11 is 0. The summed E-state index contributed by atoms with van der Waals surface area (Å²) in [5.41, 5.74) is -0.200. The van der Waals surface area contributed by atoms with Crippen molar-refractivity contribution in [3.05, 3.63) is 0 Å². The molecule has 2 aliphatic rings. The zero-order chi connectivity index (χ0) is 14.8. The average molecular weight is 282 g/mol. The molecule has 0 bridgehead atoms. The first kappa shape index (κ1) is 15.1. The lowest BCUT2D eigenvalue weighted by Crippen LogP contribution is -2.51. The molecule has 2 rings (SSSR count). The summed E-state index contributed by atoms with van der Waals surface area (Å²) in [5.74, 6) is 0.321. The predicted molar refractivity (Wildman–Crippen MR) is 76.5 cm³/mol. The number of piperidine rings is 1. The quantitative estimate of drug-likeness (QED) is 0.831. The highest BCUT2D eigenvalue weighted by Crippen LogP contribution is 2.43. The van der Waals surface area contributed by atoms with Crippen LogP contribution in [0.3, 0.4) is 0 Å². The summed E-state index contributed by atoms with van der Waals surface area (Å²) in [5, 5.41) is 11.9. The molecule has 2 atom stereocenters. The van der Waals surface area contributed by atoms with Crippen molar-refractivity contribution < 1.29 is 14.7 Å². The molecular formula is C15H26N2O3. The van der Waals surface area contributed by atoms with Gasteiger partial charge in [0.2, 0.25) is 0 Å². The normalized spacial score (nSPS) is 28.6. The van der Waals surface area contributed by atoms with Crippen LogP contribution in [0.2, 0.25) is 0 Å². The topological polar surface area (TPSA) is 69.6 Å². The molecule has 0 spiro atoms. The molecule has 1 saturated carbocycles. The molecule has 0 aromatic heterocycles. The van der Waals surface area contributed by atoms with Gasteiger partial charge in [-0.2, -0.15) is 0 Å². The number of nitrogens with zero attached hydrogens (tertiary/aromatic N) is 1. The number of amides is 2. The molecule has 5 heteroatoms. The lowest BCUT2D eigenvalue weighted by molar-refractivity contribution is -0.141. The van der Waals surface area contributed by atoms with E-state index in [0.717, 1.165) is 32.4 Å². The van der Waals surface area contributed by atoms with Crippen molar-refractivity contribution in [1.82, 2.24) is 10.2 Å². The molecular weight excluding hydrogens is 256 g/mol. The Morgan fingerprint density at radius 3 is 2.30 bits per heavy atom. The molecule has 1 saturated heterocycles. The van der Waals surface area contributed by atoms with Gasteiger partial charge in [-0.05, 0) is 36.5 Å². The van der Waals surface area contributed by atoms with Crippen LogP contribution in [-0.2, 0) is 4.79 Å². The summed E-state index contributed by atoms with van der Waals surface area (Å²) in [4.78, 5) is 25.0. The van der Waals surface area contributed by atoms with Gasteiger partial charge >= 0.3 is 12.0 Å². The number of hydrogen-bond acceptors (Lipinski definition) is 2. The number of aliphatic carboxylic acids is 1. The molecule has 1 aliphatic heterocycles. The minimum absolute atomic E-state index is 0.0277. The van der Waals surface area contributed by atoms with Crippen LogP contribution in [0.15, 0.2) is 0 Å². The summed E-state index contributed by atoms with van der Waals surface area (Å²) in [6.45, 7) is 6.46. The summed E-state index contributed by atoms with van der Waals surface area (Å²) < 4.78 is 0. The largest absolute Gasteiger partial charge is 0.481 e. The number of carbonyl (C=O) groups is 2. The number of likely N-dealkylation sites (tertiary alicyclic amines) is 1. The van der Waals surface area contributed by atoms with E-state index in [9.17, 15) is 9.59 Å². The van der Waals surface area contributed by atoms with E-state index >= 15 is 0 Å². The van der Waals surface area contributed by atoms with E-state index in [2.05, 4.69) is 19.2 Å². The highest BCUT2D eigenvalue weighted by Gasteiger charge is 2.39. The van der Waals surface area contributed by atoms with Gasteiger partial charge in [-0.25, -0.2) is 4.79 Å². The van der Waals surface area contributed by atoms with Crippen LogP contribution >= 0.6 is 0 Å². The van der Waals surface area contributed by atoms with Crippen molar-refractivity contribution >= 4 is 12.0 Å². The molecule has 1 heterocycles. The minimum Gasteiger partial charge on any atom is -0.481 e. The van der Waals surface area contributed by atoms with Crippen LogP contribution in [-0.4, -0.2) is 41.6 Å². The first-order valence-electron chi connectivity index (χ1n) is 7.65. The fourth-order valence-electron chi connectivity index (χ4n) is 3.62. The maximum absolute atomic E-state index is 12.2. The van der Waals surface area contributed by atoms with Crippen molar-refractivity contribution in [1.29, 1.82) is 0 Å². The van der Waals surface area contributed by atoms with Gasteiger partial charge in [-0.3, -0.25) is 4.79 Å². The van der Waals surface area contributed by atoms with Crippen LogP contribution in [0, 0.1) is 17.3 Å². The van der Waals surface area contributed by atoms with E-state index in [1.165, 1.54) is 6.42 Å². The molecule has 20 heavy (non-hydrogen) atoms. The van der Waals surface area contributed by atoms with Crippen molar-refractivity contribution in [2.24, 2.45) is 17.3 Å². The molecule has 0 aromatic rings. The molecule has 0 radical (unpaired) electrons. The van der Waals surface area contributed by atoms with Crippen molar-refractivity contribution in [2.45, 2.75) is 46.0 Å². The number of carboxylic acid groups (broad SMARTS) is 1. The van der Waals surface area contributed by atoms with E-state index in [0.29, 0.717) is 18.4 Å². The van der Waals surface area contributed by atoms with Crippen LogP contribution < -0.4 is 5.32 Å². The van der Waals surface area contributed by atoms with E-state index in [1.807, 2.05) is 4.90 Å². The van der Waals surface area contributed by atoms with Crippen LogP contribution in [0.5, 0.6) is 0 Å². The highest BCUT2D eigenvalue weighted by molar-refractivity contribution is 5.74. The smallest absolute Gasteiger partial charge is 0.317 e. The van der Waals surface area contributed by atoms with Gasteiger partial charge in [-0.15, -0.1) is 0 Å². The maximum atomic E-state index is 12.2. The zero-order valence-corrected chi connectivity index (χ0v) is 12.5. The third kappa shape index (κ3) is 3.64. The van der Waals surface area contributed by atoms with Crippen LogP contribution in [0.4, 0.5) is 4.79 Å². The molecule has 2 fully saturated rings. The Morgan fingerprint density at radius 1 is 1.25 bits per heavy atom. The van der Waals surface area contributed by atoms with Gasteiger partial charge in [0.25, 0.3) is 0 Å². The molecule has 0 aromatic carbocycles. The van der Waals surface area contributed by atoms with Gasteiger partial charge in [-0.1, -0.05) is 20.3 Å². The highest BCUT2D eigenvalue weighted by atomic mass is 16.4. The van der Waals surface area contributed by atoms with Gasteiger partial charge in [0.05, 0.1) is 6.42 Å². The first-order valence-corrected chi connectivity index (χ1v) is 7.65. The molecule has 114 valence electrons. The SMILES string of the molecule is CC1CC(C)CN(C(=O)NCC2(CC(=O)O)CCC2)C1.